The number of rotatable bonds is 4. The number of nitrogens with zero attached hydrogens (tertiary/aromatic N) is 3. The highest BCUT2D eigenvalue weighted by Gasteiger charge is 2.38. The van der Waals surface area contributed by atoms with Crippen LogP contribution in [-0.2, 0) is 4.79 Å². The first kappa shape index (κ1) is 12.6. The fourth-order valence-electron chi connectivity index (χ4n) is 2.31. The third-order valence-electron chi connectivity index (χ3n) is 3.19. The van der Waals surface area contributed by atoms with Crippen molar-refractivity contribution in [2.45, 2.75) is 12.5 Å². The van der Waals surface area contributed by atoms with Crippen molar-refractivity contribution in [2.24, 2.45) is 0 Å². The Hall–Kier alpha value is -1.81. The predicted octanol–water partition coefficient (Wildman–Crippen LogP) is -1.27. The van der Waals surface area contributed by atoms with Gasteiger partial charge in [0.15, 0.2) is 0 Å². The number of nitriles is 1. The number of fused-ring (bicyclic) bond motifs is 1. The Morgan fingerprint density at radius 1 is 1.61 bits per heavy atom. The first-order chi connectivity index (χ1) is 8.72. The Morgan fingerprint density at radius 3 is 3.17 bits per heavy atom. The number of amides is 3. The molecule has 0 spiro atoms. The van der Waals surface area contributed by atoms with Crippen LogP contribution in [0, 0.1) is 11.3 Å². The van der Waals surface area contributed by atoms with Gasteiger partial charge in [0.25, 0.3) is 0 Å². The van der Waals surface area contributed by atoms with E-state index in [4.69, 9.17) is 5.26 Å². The van der Waals surface area contributed by atoms with Gasteiger partial charge in [-0.1, -0.05) is 0 Å². The molecule has 0 saturated carbocycles. The number of urea groups is 1. The summed E-state index contributed by atoms with van der Waals surface area (Å²) in [6.45, 7) is 3.32. The van der Waals surface area contributed by atoms with E-state index in [1.165, 1.54) is 0 Å². The monoisotopic (exact) mass is 251 g/mol. The molecule has 2 aliphatic heterocycles. The van der Waals surface area contributed by atoms with E-state index in [1.807, 2.05) is 11.0 Å². The van der Waals surface area contributed by atoms with Crippen LogP contribution in [0.25, 0.3) is 0 Å². The highest BCUT2D eigenvalue weighted by Crippen LogP contribution is 2.16. The topological polar surface area (TPSA) is 88.5 Å². The number of carbonyl (C=O) groups is 2. The summed E-state index contributed by atoms with van der Waals surface area (Å²) in [7, 11) is 0. The predicted molar refractivity (Wildman–Crippen MR) is 63.6 cm³/mol. The number of nitrogens with one attached hydrogen (secondary N) is 2. The van der Waals surface area contributed by atoms with Crippen molar-refractivity contribution in [1.82, 2.24) is 20.4 Å². The number of piperazine rings is 1. The minimum absolute atomic E-state index is 0.0584. The highest BCUT2D eigenvalue weighted by molar-refractivity contribution is 5.85. The van der Waals surface area contributed by atoms with E-state index in [2.05, 4.69) is 10.6 Å². The summed E-state index contributed by atoms with van der Waals surface area (Å²) in [6, 6.07) is 2.07. The molecule has 18 heavy (non-hydrogen) atoms. The lowest BCUT2D eigenvalue weighted by Gasteiger charge is -2.28. The van der Waals surface area contributed by atoms with Gasteiger partial charge in [-0.2, -0.15) is 5.26 Å². The summed E-state index contributed by atoms with van der Waals surface area (Å²) in [5, 5.41) is 14.2. The summed E-state index contributed by atoms with van der Waals surface area (Å²) in [5.74, 6) is -0.202. The highest BCUT2D eigenvalue weighted by atomic mass is 16.2. The summed E-state index contributed by atoms with van der Waals surface area (Å²) in [4.78, 5) is 27.0. The van der Waals surface area contributed by atoms with E-state index in [9.17, 15) is 9.59 Å². The third kappa shape index (κ3) is 2.71. The summed E-state index contributed by atoms with van der Waals surface area (Å²) >= 11 is 0. The van der Waals surface area contributed by atoms with Crippen LogP contribution in [0.2, 0.25) is 0 Å². The second-order valence-corrected chi connectivity index (χ2v) is 4.47. The molecule has 2 saturated heterocycles. The van der Waals surface area contributed by atoms with Crippen molar-refractivity contribution in [3.63, 3.8) is 0 Å². The number of carbonyl (C=O) groups excluding carboxylic acids is 2. The molecule has 2 fully saturated rings. The van der Waals surface area contributed by atoms with Crippen LogP contribution < -0.4 is 10.6 Å². The molecule has 2 N–H and O–H groups in total. The average molecular weight is 251 g/mol. The van der Waals surface area contributed by atoms with E-state index in [1.54, 1.807) is 4.90 Å². The maximum Gasteiger partial charge on any atom is 0.320 e. The molecular formula is C11H17N5O2. The molecule has 1 atom stereocenters. The second-order valence-electron chi connectivity index (χ2n) is 4.47. The Kier molecular flexibility index (Phi) is 3.99. The molecule has 7 nitrogen and oxygen atoms in total. The minimum Gasteiger partial charge on any atom is -0.354 e. The van der Waals surface area contributed by atoms with Crippen molar-refractivity contribution in [1.29, 1.82) is 5.26 Å². The number of hydrogen-bond donors (Lipinski definition) is 2. The van der Waals surface area contributed by atoms with Crippen LogP contribution in [0.5, 0.6) is 0 Å². The molecule has 0 aromatic heterocycles. The lowest BCUT2D eigenvalue weighted by atomic mass is 10.2. The lowest BCUT2D eigenvalue weighted by Crippen LogP contribution is -2.50. The zero-order chi connectivity index (χ0) is 13.0. The Morgan fingerprint density at radius 2 is 2.44 bits per heavy atom. The SMILES string of the molecule is N#CCCNC(=O)CN1CC2CNCCN2C1=O. The van der Waals surface area contributed by atoms with Gasteiger partial charge in [0.05, 0.1) is 18.5 Å². The number of hydrogen-bond acceptors (Lipinski definition) is 4. The van der Waals surface area contributed by atoms with Crippen molar-refractivity contribution < 1.29 is 9.59 Å². The molecule has 2 aliphatic rings. The molecule has 1 unspecified atom stereocenters. The van der Waals surface area contributed by atoms with E-state index in [0.717, 1.165) is 13.1 Å². The molecule has 2 rings (SSSR count). The minimum atomic E-state index is -0.202. The van der Waals surface area contributed by atoms with Crippen molar-refractivity contribution >= 4 is 11.9 Å². The Labute approximate surface area is 106 Å². The molecule has 0 aliphatic carbocycles. The quantitative estimate of drug-likeness (QED) is 0.609. The normalized spacial score (nSPS) is 22.6. The van der Waals surface area contributed by atoms with Crippen LogP contribution in [-0.4, -0.2) is 67.0 Å². The average Bonchev–Trinajstić information content (AvgIpc) is 2.67. The van der Waals surface area contributed by atoms with Gasteiger partial charge in [-0.05, 0) is 0 Å². The standard InChI is InChI=1S/C11H17N5O2/c12-2-1-3-14-10(17)8-15-7-9-6-13-4-5-16(9)11(15)18/h9,13H,1,3-8H2,(H,14,17). The molecule has 0 aromatic carbocycles. The third-order valence-corrected chi connectivity index (χ3v) is 3.19. The molecule has 98 valence electrons. The van der Waals surface area contributed by atoms with E-state index >= 15 is 0 Å². The maximum absolute atomic E-state index is 12.0. The van der Waals surface area contributed by atoms with Gasteiger partial charge >= 0.3 is 6.03 Å². The van der Waals surface area contributed by atoms with Gasteiger partial charge in [-0.3, -0.25) is 4.79 Å². The molecule has 3 amide bonds. The Balaban J connectivity index is 1.81. The van der Waals surface area contributed by atoms with Crippen LogP contribution in [0.15, 0.2) is 0 Å². The van der Waals surface area contributed by atoms with Crippen molar-refractivity contribution in [3.05, 3.63) is 0 Å². The molecule has 2 heterocycles. The zero-order valence-corrected chi connectivity index (χ0v) is 10.2. The van der Waals surface area contributed by atoms with Gasteiger partial charge in [-0.25, -0.2) is 4.79 Å². The smallest absolute Gasteiger partial charge is 0.320 e. The fraction of sp³-hybridized carbons (Fsp3) is 0.727. The van der Waals surface area contributed by atoms with Gasteiger partial charge in [0.1, 0.15) is 6.54 Å². The van der Waals surface area contributed by atoms with Crippen LogP contribution in [0.1, 0.15) is 6.42 Å². The van der Waals surface area contributed by atoms with E-state index in [-0.39, 0.29) is 24.5 Å². The van der Waals surface area contributed by atoms with Gasteiger partial charge < -0.3 is 20.4 Å². The van der Waals surface area contributed by atoms with Gasteiger partial charge in [-0.15, -0.1) is 0 Å². The molecule has 0 radical (unpaired) electrons. The van der Waals surface area contributed by atoms with Crippen molar-refractivity contribution in [2.75, 3.05) is 39.3 Å². The molecule has 7 heteroatoms. The summed E-state index contributed by atoms with van der Waals surface area (Å²) in [6.07, 6.45) is 0.290. The van der Waals surface area contributed by atoms with E-state index < -0.39 is 0 Å². The second kappa shape index (κ2) is 5.69. The van der Waals surface area contributed by atoms with Gasteiger partial charge in [0.2, 0.25) is 5.91 Å². The Bertz CT molecular complexity index is 378. The summed E-state index contributed by atoms with van der Waals surface area (Å²) in [5.41, 5.74) is 0. The first-order valence-corrected chi connectivity index (χ1v) is 6.12. The first-order valence-electron chi connectivity index (χ1n) is 6.12. The van der Waals surface area contributed by atoms with Gasteiger partial charge in [0, 0.05) is 32.7 Å². The maximum atomic E-state index is 12.0. The van der Waals surface area contributed by atoms with E-state index in [0.29, 0.717) is 26.1 Å². The molecule has 0 aromatic rings. The van der Waals surface area contributed by atoms with Crippen LogP contribution in [0.3, 0.4) is 0 Å². The van der Waals surface area contributed by atoms with Crippen LogP contribution >= 0.6 is 0 Å². The molecule has 0 bridgehead atoms. The lowest BCUT2D eigenvalue weighted by molar-refractivity contribution is -0.121. The van der Waals surface area contributed by atoms with Crippen LogP contribution in [0.4, 0.5) is 4.79 Å². The zero-order valence-electron chi connectivity index (χ0n) is 10.2. The fourth-order valence-corrected chi connectivity index (χ4v) is 2.31. The molecular weight excluding hydrogens is 234 g/mol. The van der Waals surface area contributed by atoms with Crippen molar-refractivity contribution in [3.8, 4) is 6.07 Å². The summed E-state index contributed by atoms with van der Waals surface area (Å²) < 4.78 is 0. The largest absolute Gasteiger partial charge is 0.354 e.